The van der Waals surface area contributed by atoms with E-state index in [2.05, 4.69) is 186 Å². The second-order valence-electron chi connectivity index (χ2n) is 26.8. The average molecular weight is 900 g/mol. The Kier molecular flexibility index (Phi) is 8.10. The van der Waals surface area contributed by atoms with Crippen molar-refractivity contribution in [1.82, 2.24) is 0 Å². The van der Waals surface area contributed by atoms with Gasteiger partial charge in [0.15, 0.2) is 0 Å². The normalized spacial score (nSPS) is 21.5. The minimum absolute atomic E-state index is 0.0286. The number of rotatable bonds is 2. The van der Waals surface area contributed by atoms with Crippen molar-refractivity contribution < 1.29 is 8.53 Å². The first-order chi connectivity index (χ1) is 32.9. The summed E-state index contributed by atoms with van der Waals surface area (Å²) in [6.07, 6.45) is 5.48. The number of aryl methyl sites for hydroxylation is 1. The Balaban J connectivity index is 1.26. The highest BCUT2D eigenvalue weighted by Crippen LogP contribution is 2.56. The van der Waals surface area contributed by atoms with Crippen LogP contribution in [0.5, 0.6) is 0 Å². The zero-order chi connectivity index (χ0) is 50.7. The Labute approximate surface area is 412 Å². The third-order valence-corrected chi connectivity index (χ3v) is 18.1. The summed E-state index contributed by atoms with van der Waals surface area (Å²) in [7, 11) is 0. The van der Waals surface area contributed by atoms with Crippen molar-refractivity contribution in [2.45, 2.75) is 181 Å². The fourth-order valence-corrected chi connectivity index (χ4v) is 14.5. The highest BCUT2D eigenvalue weighted by molar-refractivity contribution is 7.00. The van der Waals surface area contributed by atoms with Gasteiger partial charge in [0.05, 0.1) is 5.69 Å². The molecule has 3 heterocycles. The summed E-state index contributed by atoms with van der Waals surface area (Å²) in [6, 6.07) is 34.5. The standard InChI is InChI=1S/C64H73BN2O/c1-37-29-52-56-53(30-37)67(49-24-22-40-39-19-17-18-20-54(39)68-57(40)55(49)58(2,3)4)51-35-46-44(63(13,14)36-64(46,15)16)33-48(51)65(56)47-32-43-45(62(11,12)28-27-61(43,9)10)34-50(47)66(52)38-21-23-41-42(31-38)60(7,8)26-25-59(41,5)6/h17-24,29-35H,25-28,36H2,1-16H3/i1D3. The number of furan rings is 1. The first kappa shape index (κ1) is 40.7. The molecule has 3 nitrogen and oxygen atoms in total. The van der Waals surface area contributed by atoms with Crippen LogP contribution in [0.2, 0.25) is 0 Å². The summed E-state index contributed by atoms with van der Waals surface area (Å²) in [4.78, 5) is 4.97. The molecule has 0 atom stereocenters. The van der Waals surface area contributed by atoms with E-state index >= 15 is 0 Å². The van der Waals surface area contributed by atoms with Crippen molar-refractivity contribution in [3.8, 4) is 0 Å². The molecule has 0 spiro atoms. The lowest BCUT2D eigenvalue weighted by atomic mass is 9.32. The van der Waals surface area contributed by atoms with Crippen molar-refractivity contribution in [2.75, 3.05) is 9.80 Å². The van der Waals surface area contributed by atoms with Crippen molar-refractivity contribution in [1.29, 1.82) is 0 Å². The first-order valence-electron chi connectivity index (χ1n) is 27.2. The number of benzene rings is 6. The second kappa shape index (κ2) is 13.6. The molecule has 3 aliphatic carbocycles. The second-order valence-corrected chi connectivity index (χ2v) is 26.8. The Morgan fingerprint density at radius 2 is 1.01 bits per heavy atom. The van der Waals surface area contributed by atoms with E-state index in [1.54, 1.807) is 0 Å². The van der Waals surface area contributed by atoms with Gasteiger partial charge in [-0.05, 0) is 187 Å². The maximum absolute atomic E-state index is 9.29. The molecule has 4 heteroatoms. The molecule has 0 bridgehead atoms. The Morgan fingerprint density at radius 1 is 0.500 bits per heavy atom. The highest BCUT2D eigenvalue weighted by atomic mass is 16.3. The van der Waals surface area contributed by atoms with Crippen LogP contribution in [0, 0.1) is 6.85 Å². The molecule has 0 fully saturated rings. The minimum Gasteiger partial charge on any atom is -0.456 e. The van der Waals surface area contributed by atoms with Gasteiger partial charge in [0.1, 0.15) is 11.2 Å². The van der Waals surface area contributed by atoms with Gasteiger partial charge in [-0.1, -0.05) is 140 Å². The number of hydrogen-bond donors (Lipinski definition) is 0. The number of hydrogen-bond acceptors (Lipinski definition) is 3. The SMILES string of the molecule is [2H]C([2H])([2H])c1cc2c3c(c1)N(c1ccc4c(oc5ccccc54)c1C(C)(C)C)c1cc4c(cc1B3c1cc3c(cc1N2c1ccc2c(c1)C(C)(C)CCC2(C)C)C(C)(C)CCC3(C)C)C(C)(C)CC4(C)C. The van der Waals surface area contributed by atoms with Gasteiger partial charge in [0.2, 0.25) is 0 Å². The van der Waals surface area contributed by atoms with Crippen LogP contribution in [-0.4, -0.2) is 6.71 Å². The fourth-order valence-electron chi connectivity index (χ4n) is 14.5. The molecule has 348 valence electrons. The Morgan fingerprint density at radius 3 is 1.62 bits per heavy atom. The van der Waals surface area contributed by atoms with Crippen molar-refractivity contribution in [2.24, 2.45) is 0 Å². The molecule has 0 radical (unpaired) electrons. The van der Waals surface area contributed by atoms with Gasteiger partial charge in [-0.15, -0.1) is 0 Å². The van der Waals surface area contributed by atoms with E-state index in [4.69, 9.17) is 4.42 Å². The minimum atomic E-state index is -2.39. The van der Waals surface area contributed by atoms with Gasteiger partial charge in [-0.2, -0.15) is 0 Å². The van der Waals surface area contributed by atoms with Gasteiger partial charge < -0.3 is 14.2 Å². The molecule has 12 rings (SSSR count). The lowest BCUT2D eigenvalue weighted by Crippen LogP contribution is -2.62. The molecule has 7 aromatic rings. The fraction of sp³-hybridized carbons (Fsp3) is 0.438. The number of nitrogens with zero attached hydrogens (tertiary/aromatic N) is 2. The van der Waals surface area contributed by atoms with E-state index in [9.17, 15) is 4.11 Å². The van der Waals surface area contributed by atoms with Gasteiger partial charge in [-0.25, -0.2) is 0 Å². The number of para-hydroxylation sites is 1. The van der Waals surface area contributed by atoms with Gasteiger partial charge in [0.25, 0.3) is 6.71 Å². The van der Waals surface area contributed by atoms with Crippen LogP contribution in [0.3, 0.4) is 0 Å². The molecule has 6 aromatic carbocycles. The predicted octanol–water partition coefficient (Wildman–Crippen LogP) is 15.9. The molecule has 0 saturated heterocycles. The lowest BCUT2D eigenvalue weighted by molar-refractivity contribution is 0.332. The summed E-state index contributed by atoms with van der Waals surface area (Å²) < 4.78 is 34.8. The van der Waals surface area contributed by atoms with E-state index in [0.717, 1.165) is 99.2 Å². The quantitative estimate of drug-likeness (QED) is 0.161. The van der Waals surface area contributed by atoms with E-state index in [0.29, 0.717) is 5.56 Å². The zero-order valence-electron chi connectivity index (χ0n) is 46.6. The van der Waals surface area contributed by atoms with Crippen LogP contribution in [0.1, 0.15) is 185 Å². The third-order valence-electron chi connectivity index (χ3n) is 18.1. The maximum atomic E-state index is 9.29. The van der Waals surface area contributed by atoms with Gasteiger partial charge in [0, 0.05) is 48.9 Å². The van der Waals surface area contributed by atoms with Crippen LogP contribution < -0.4 is 26.2 Å². The molecule has 0 amide bonds. The van der Waals surface area contributed by atoms with Crippen LogP contribution >= 0.6 is 0 Å². The van der Waals surface area contributed by atoms with Crippen LogP contribution in [0.25, 0.3) is 21.9 Å². The van der Waals surface area contributed by atoms with Gasteiger partial charge in [-0.3, -0.25) is 0 Å². The summed E-state index contributed by atoms with van der Waals surface area (Å²) in [5, 5.41) is 2.19. The average Bonchev–Trinajstić information content (AvgIpc) is 3.74. The largest absolute Gasteiger partial charge is 0.456 e. The Bertz CT molecular complexity index is 3460. The highest BCUT2D eigenvalue weighted by Gasteiger charge is 2.50. The van der Waals surface area contributed by atoms with Crippen molar-refractivity contribution in [3.63, 3.8) is 0 Å². The molecule has 0 unspecified atom stereocenters. The number of fused-ring (bicyclic) bond motifs is 10. The van der Waals surface area contributed by atoms with E-state index in [1.165, 1.54) is 44.3 Å². The van der Waals surface area contributed by atoms with Crippen molar-refractivity contribution in [3.05, 3.63) is 136 Å². The molecule has 1 aromatic heterocycles. The maximum Gasteiger partial charge on any atom is 0.252 e. The number of anilines is 6. The van der Waals surface area contributed by atoms with E-state index in [1.807, 2.05) is 18.2 Å². The van der Waals surface area contributed by atoms with Crippen molar-refractivity contribution >= 4 is 79.2 Å². The summed E-state index contributed by atoms with van der Waals surface area (Å²) in [6.45, 7) is 33.3. The topological polar surface area (TPSA) is 19.6 Å². The van der Waals surface area contributed by atoms with Crippen LogP contribution in [0.15, 0.2) is 95.4 Å². The summed E-state index contributed by atoms with van der Waals surface area (Å²) in [5.74, 6) is 0. The summed E-state index contributed by atoms with van der Waals surface area (Å²) in [5.41, 5.74) is 21.0. The Hall–Kier alpha value is -5.22. The third kappa shape index (κ3) is 6.03. The first-order valence-corrected chi connectivity index (χ1v) is 25.7. The van der Waals surface area contributed by atoms with Gasteiger partial charge >= 0.3 is 0 Å². The zero-order valence-corrected chi connectivity index (χ0v) is 43.6. The van der Waals surface area contributed by atoms with Crippen LogP contribution in [0.4, 0.5) is 34.1 Å². The van der Waals surface area contributed by atoms with Crippen LogP contribution in [-0.2, 0) is 37.9 Å². The lowest BCUT2D eigenvalue weighted by Gasteiger charge is -2.48. The predicted molar refractivity (Wildman–Crippen MR) is 292 cm³/mol. The monoisotopic (exact) mass is 900 g/mol. The smallest absolute Gasteiger partial charge is 0.252 e. The molecule has 2 aliphatic heterocycles. The molecule has 0 N–H and O–H groups in total. The van der Waals surface area contributed by atoms with E-state index < -0.39 is 6.85 Å². The molecule has 5 aliphatic rings. The summed E-state index contributed by atoms with van der Waals surface area (Å²) >= 11 is 0. The molecule has 68 heavy (non-hydrogen) atoms. The molecular formula is C64H73BN2O. The molecular weight excluding hydrogens is 824 g/mol. The van der Waals surface area contributed by atoms with E-state index in [-0.39, 0.29) is 44.6 Å². The molecule has 0 saturated carbocycles.